The summed E-state index contributed by atoms with van der Waals surface area (Å²) in [4.78, 5) is 0. The van der Waals surface area contributed by atoms with Gasteiger partial charge in [0.05, 0.1) is 0 Å². The topological polar surface area (TPSA) is 56.7 Å². The van der Waals surface area contributed by atoms with Crippen LogP contribution in [0.3, 0.4) is 0 Å². The lowest BCUT2D eigenvalue weighted by Gasteiger charge is -2.05. The van der Waals surface area contributed by atoms with Gasteiger partial charge >= 0.3 is 0 Å². The largest absolute Gasteiger partial charge is 0.329 e. The van der Waals surface area contributed by atoms with Crippen LogP contribution in [-0.4, -0.2) is 27.1 Å². The Labute approximate surface area is 95.0 Å². The van der Waals surface area contributed by atoms with E-state index < -0.39 is 0 Å². The minimum atomic E-state index is 0.624. The molecule has 0 bridgehead atoms. The molecule has 1 aromatic rings. The van der Waals surface area contributed by atoms with Crippen molar-refractivity contribution in [3.05, 3.63) is 18.5 Å². The highest BCUT2D eigenvalue weighted by atomic mass is 32.2. The molecule has 0 saturated carbocycles. The van der Waals surface area contributed by atoms with Crippen LogP contribution in [0.4, 0.5) is 0 Å². The van der Waals surface area contributed by atoms with Gasteiger partial charge < -0.3 is 10.3 Å². The van der Waals surface area contributed by atoms with Crippen LogP contribution in [0.1, 0.15) is 18.7 Å². The van der Waals surface area contributed by atoms with Gasteiger partial charge in [0.15, 0.2) is 5.16 Å². The molecule has 1 heterocycles. The summed E-state index contributed by atoms with van der Waals surface area (Å²) >= 11 is 1.73. The third-order valence-electron chi connectivity index (χ3n) is 2.04. The Morgan fingerprint density at radius 3 is 3.00 bits per heavy atom. The maximum atomic E-state index is 5.53. The van der Waals surface area contributed by atoms with Crippen molar-refractivity contribution in [2.24, 2.45) is 5.73 Å². The molecule has 0 aliphatic rings. The summed E-state index contributed by atoms with van der Waals surface area (Å²) in [7, 11) is 0. The average Bonchev–Trinajstić information content (AvgIpc) is 2.57. The van der Waals surface area contributed by atoms with E-state index in [1.165, 1.54) is 0 Å². The second-order valence-electron chi connectivity index (χ2n) is 3.25. The molecule has 0 unspecified atom stereocenters. The van der Waals surface area contributed by atoms with Crippen molar-refractivity contribution >= 4 is 11.8 Å². The molecule has 0 aromatic carbocycles. The van der Waals surface area contributed by atoms with Crippen LogP contribution in [0.15, 0.2) is 17.8 Å². The van der Waals surface area contributed by atoms with E-state index in [1.54, 1.807) is 11.8 Å². The number of nitrogens with two attached hydrogens (primary N) is 1. The average molecular weight is 226 g/mol. The fourth-order valence-electron chi connectivity index (χ4n) is 1.25. The molecule has 0 spiro atoms. The van der Waals surface area contributed by atoms with Crippen LogP contribution in [0, 0.1) is 6.92 Å². The van der Waals surface area contributed by atoms with Gasteiger partial charge in [0, 0.05) is 18.8 Å². The molecule has 2 N–H and O–H groups in total. The van der Waals surface area contributed by atoms with Crippen LogP contribution < -0.4 is 5.73 Å². The predicted octanol–water partition coefficient (Wildman–Crippen LogP) is 1.60. The fraction of sp³-hybridized carbons (Fsp3) is 0.600. The zero-order chi connectivity index (χ0) is 11.1. The first-order valence-corrected chi connectivity index (χ1v) is 6.11. The Kier molecular flexibility index (Phi) is 5.42. The number of aryl methyl sites for hydroxylation is 1. The monoisotopic (exact) mass is 226 g/mol. The zero-order valence-corrected chi connectivity index (χ0v) is 9.96. The quantitative estimate of drug-likeness (QED) is 0.436. The molecule has 0 atom stereocenters. The molecule has 0 radical (unpaired) electrons. The summed E-state index contributed by atoms with van der Waals surface area (Å²) in [5.41, 5.74) is 5.53. The molecule has 84 valence electrons. The lowest BCUT2D eigenvalue weighted by molar-refractivity contribution is 0.627. The van der Waals surface area contributed by atoms with Crippen molar-refractivity contribution in [2.75, 3.05) is 12.3 Å². The summed E-state index contributed by atoms with van der Waals surface area (Å²) in [5.74, 6) is 1.99. The molecule has 0 saturated heterocycles. The highest BCUT2D eigenvalue weighted by Crippen LogP contribution is 2.17. The molecule has 1 aromatic heterocycles. The summed E-state index contributed by atoms with van der Waals surface area (Å²) in [6.45, 7) is 7.07. The first-order chi connectivity index (χ1) is 7.29. The van der Waals surface area contributed by atoms with Gasteiger partial charge in [-0.2, -0.15) is 0 Å². The van der Waals surface area contributed by atoms with Gasteiger partial charge in [-0.25, -0.2) is 0 Å². The molecule has 5 heteroatoms. The van der Waals surface area contributed by atoms with Gasteiger partial charge in [0.25, 0.3) is 0 Å². The van der Waals surface area contributed by atoms with Gasteiger partial charge in [0.2, 0.25) is 0 Å². The molecule has 0 aliphatic carbocycles. The minimum Gasteiger partial charge on any atom is -0.329 e. The van der Waals surface area contributed by atoms with Crippen molar-refractivity contribution in [2.45, 2.75) is 31.5 Å². The van der Waals surface area contributed by atoms with Crippen LogP contribution in [0.2, 0.25) is 0 Å². The molecule has 0 aliphatic heterocycles. The number of unbranched alkanes of at least 4 members (excludes halogenated alkanes) is 1. The maximum Gasteiger partial charge on any atom is 0.191 e. The molecular weight excluding hydrogens is 208 g/mol. The van der Waals surface area contributed by atoms with E-state index in [4.69, 9.17) is 5.73 Å². The van der Waals surface area contributed by atoms with Gasteiger partial charge in [-0.3, -0.25) is 0 Å². The second kappa shape index (κ2) is 6.63. The van der Waals surface area contributed by atoms with Crippen LogP contribution in [0.25, 0.3) is 0 Å². The van der Waals surface area contributed by atoms with E-state index in [9.17, 15) is 0 Å². The molecule has 0 amide bonds. The van der Waals surface area contributed by atoms with Crippen molar-refractivity contribution < 1.29 is 0 Å². The zero-order valence-electron chi connectivity index (χ0n) is 9.15. The molecule has 4 nitrogen and oxygen atoms in total. The number of thioether (sulfide) groups is 1. The standard InChI is InChI=1S/C10H18N4S/c1-3-4-5-8-15-10-13-12-9(2)14(10)7-6-11/h3H,1,4-8,11H2,2H3. The van der Waals surface area contributed by atoms with Crippen molar-refractivity contribution in [3.8, 4) is 0 Å². The Bertz CT molecular complexity index is 308. The van der Waals surface area contributed by atoms with E-state index in [0.29, 0.717) is 6.54 Å². The molecular formula is C10H18N4S. The first kappa shape index (κ1) is 12.3. The maximum absolute atomic E-state index is 5.53. The van der Waals surface area contributed by atoms with E-state index in [2.05, 4.69) is 21.3 Å². The summed E-state index contributed by atoms with van der Waals surface area (Å²) in [5, 5.41) is 9.15. The lowest BCUT2D eigenvalue weighted by Crippen LogP contribution is -2.12. The number of aromatic nitrogens is 3. The summed E-state index contributed by atoms with van der Waals surface area (Å²) in [6.07, 6.45) is 4.12. The van der Waals surface area contributed by atoms with E-state index in [1.807, 2.05) is 13.0 Å². The minimum absolute atomic E-state index is 0.624. The molecule has 1 rings (SSSR count). The number of allylic oxidation sites excluding steroid dienone is 1. The Morgan fingerprint density at radius 1 is 1.53 bits per heavy atom. The Balaban J connectivity index is 2.48. The predicted molar refractivity (Wildman–Crippen MR) is 64.0 cm³/mol. The number of hydrogen-bond donors (Lipinski definition) is 1. The second-order valence-corrected chi connectivity index (χ2v) is 4.31. The fourth-order valence-corrected chi connectivity index (χ4v) is 2.22. The van der Waals surface area contributed by atoms with Crippen molar-refractivity contribution in [1.29, 1.82) is 0 Å². The van der Waals surface area contributed by atoms with Crippen LogP contribution >= 0.6 is 11.8 Å². The van der Waals surface area contributed by atoms with Gasteiger partial charge in [-0.05, 0) is 19.8 Å². The number of hydrogen-bond acceptors (Lipinski definition) is 4. The van der Waals surface area contributed by atoms with Crippen molar-refractivity contribution in [1.82, 2.24) is 14.8 Å². The highest BCUT2D eigenvalue weighted by molar-refractivity contribution is 7.99. The third kappa shape index (κ3) is 3.68. The van der Waals surface area contributed by atoms with Crippen LogP contribution in [0.5, 0.6) is 0 Å². The summed E-state index contributed by atoms with van der Waals surface area (Å²) in [6, 6.07) is 0. The highest BCUT2D eigenvalue weighted by Gasteiger charge is 2.07. The summed E-state index contributed by atoms with van der Waals surface area (Å²) < 4.78 is 2.07. The molecule has 15 heavy (non-hydrogen) atoms. The third-order valence-corrected chi connectivity index (χ3v) is 3.09. The van der Waals surface area contributed by atoms with Crippen molar-refractivity contribution in [3.63, 3.8) is 0 Å². The Hall–Kier alpha value is -0.810. The number of nitrogens with zero attached hydrogens (tertiary/aromatic N) is 3. The molecule has 0 fully saturated rings. The van der Waals surface area contributed by atoms with E-state index in [0.717, 1.165) is 36.1 Å². The van der Waals surface area contributed by atoms with Gasteiger partial charge in [-0.1, -0.05) is 17.8 Å². The van der Waals surface area contributed by atoms with E-state index >= 15 is 0 Å². The lowest BCUT2D eigenvalue weighted by atomic mass is 10.3. The van der Waals surface area contributed by atoms with Gasteiger partial charge in [0.1, 0.15) is 5.82 Å². The SMILES string of the molecule is C=CCCCSc1nnc(C)n1CCN. The first-order valence-electron chi connectivity index (χ1n) is 5.13. The van der Waals surface area contributed by atoms with E-state index in [-0.39, 0.29) is 0 Å². The van der Waals surface area contributed by atoms with Gasteiger partial charge in [-0.15, -0.1) is 16.8 Å². The smallest absolute Gasteiger partial charge is 0.191 e. The number of rotatable bonds is 7. The Morgan fingerprint density at radius 2 is 2.33 bits per heavy atom. The van der Waals surface area contributed by atoms with Crippen LogP contribution in [-0.2, 0) is 6.54 Å². The normalized spacial score (nSPS) is 10.5.